The number of carbonyl (C=O) groups is 1. The molecule has 1 atom stereocenters. The summed E-state index contributed by atoms with van der Waals surface area (Å²) in [4.78, 5) is 25.8. The van der Waals surface area contributed by atoms with E-state index in [4.69, 9.17) is 4.74 Å². The topological polar surface area (TPSA) is 77.6 Å². The quantitative estimate of drug-likeness (QED) is 0.341. The lowest BCUT2D eigenvalue weighted by Crippen LogP contribution is -2.22. The van der Waals surface area contributed by atoms with E-state index >= 15 is 4.39 Å². The van der Waals surface area contributed by atoms with Gasteiger partial charge < -0.3 is 10.1 Å². The van der Waals surface area contributed by atoms with Gasteiger partial charge in [-0.25, -0.2) is 13.6 Å². The van der Waals surface area contributed by atoms with Gasteiger partial charge in [-0.15, -0.1) is 5.10 Å². The number of hydrogen-bond donors (Lipinski definition) is 1. The van der Waals surface area contributed by atoms with E-state index in [1.807, 2.05) is 6.92 Å². The number of ether oxygens (including phenoxy) is 1. The number of nitrogens with zero attached hydrogens (tertiary/aromatic N) is 3. The van der Waals surface area contributed by atoms with E-state index in [9.17, 15) is 22.8 Å². The molecule has 36 heavy (non-hydrogen) atoms. The minimum Gasteiger partial charge on any atom is -0.490 e. The molecule has 0 radical (unpaired) electrons. The van der Waals surface area contributed by atoms with E-state index in [0.29, 0.717) is 6.42 Å². The second kappa shape index (κ2) is 9.84. The Bertz CT molecular complexity index is 1480. The molecule has 2 heterocycles. The maximum Gasteiger partial charge on any atom is 0.416 e. The molecule has 0 spiro atoms. The minimum absolute atomic E-state index is 0.0409. The zero-order chi connectivity index (χ0) is 26.0. The van der Waals surface area contributed by atoms with Crippen molar-refractivity contribution in [2.45, 2.75) is 39.0 Å². The summed E-state index contributed by atoms with van der Waals surface area (Å²) < 4.78 is 62.4. The Morgan fingerprint density at radius 2 is 1.92 bits per heavy atom. The van der Waals surface area contributed by atoms with Crippen molar-refractivity contribution < 1.29 is 27.1 Å². The summed E-state index contributed by atoms with van der Waals surface area (Å²) in [6.45, 7) is 3.70. The fraction of sp³-hybridized carbons (Fsp3) is 0.240. The van der Waals surface area contributed by atoms with Gasteiger partial charge in [-0.05, 0) is 49.7 Å². The second-order valence-corrected chi connectivity index (χ2v) is 8.17. The van der Waals surface area contributed by atoms with Gasteiger partial charge in [0.15, 0.2) is 5.65 Å². The van der Waals surface area contributed by atoms with E-state index in [1.165, 1.54) is 22.7 Å². The fourth-order valence-corrected chi connectivity index (χ4v) is 3.72. The predicted molar refractivity (Wildman–Crippen MR) is 125 cm³/mol. The van der Waals surface area contributed by atoms with Crippen molar-refractivity contribution >= 4 is 17.2 Å². The van der Waals surface area contributed by atoms with Crippen molar-refractivity contribution in [3.63, 3.8) is 0 Å². The normalized spacial score (nSPS) is 12.5. The van der Waals surface area contributed by atoms with Gasteiger partial charge in [-0.2, -0.15) is 17.9 Å². The average molecular weight is 502 g/mol. The molecule has 2 aromatic heterocycles. The van der Waals surface area contributed by atoms with Crippen molar-refractivity contribution in [2.24, 2.45) is 0 Å². The highest BCUT2D eigenvalue weighted by atomic mass is 19.4. The molecule has 7 nitrogen and oxygen atoms in total. The number of alkyl halides is 3. The number of nitrogens with one attached hydrogen (secondary N) is 1. The lowest BCUT2D eigenvalue weighted by atomic mass is 10.1. The summed E-state index contributed by atoms with van der Waals surface area (Å²) in [5, 5.41) is 6.50. The highest BCUT2D eigenvalue weighted by Gasteiger charge is 2.30. The molecule has 11 heteroatoms. The number of amides is 1. The summed E-state index contributed by atoms with van der Waals surface area (Å²) >= 11 is 0. The molecule has 1 unspecified atom stereocenters. The summed E-state index contributed by atoms with van der Waals surface area (Å²) in [5.74, 6) is -1.85. The van der Waals surface area contributed by atoms with Gasteiger partial charge >= 0.3 is 11.9 Å². The first-order chi connectivity index (χ1) is 17.1. The first kappa shape index (κ1) is 25.0. The number of hydrogen-bond acceptors (Lipinski definition) is 4. The number of benzene rings is 2. The summed E-state index contributed by atoms with van der Waals surface area (Å²) in [7, 11) is 0. The van der Waals surface area contributed by atoms with Gasteiger partial charge in [-0.3, -0.25) is 4.79 Å². The second-order valence-electron chi connectivity index (χ2n) is 8.17. The largest absolute Gasteiger partial charge is 0.490 e. The van der Waals surface area contributed by atoms with Crippen LogP contribution in [-0.4, -0.2) is 26.2 Å². The molecule has 4 rings (SSSR count). The molecule has 0 aliphatic rings. The Labute approximate surface area is 202 Å². The van der Waals surface area contributed by atoms with Crippen molar-refractivity contribution in [1.82, 2.24) is 14.2 Å². The summed E-state index contributed by atoms with van der Waals surface area (Å²) in [6.07, 6.45) is -2.09. The first-order valence-electron chi connectivity index (χ1n) is 11.1. The fourth-order valence-electron chi connectivity index (χ4n) is 3.72. The van der Waals surface area contributed by atoms with Crippen LogP contribution in [-0.2, 0) is 6.18 Å². The highest BCUT2D eigenvalue weighted by Crippen LogP contribution is 2.32. The SMILES string of the molecule is CCCC(C)Oc1cc(-n2nc3ccccn3c2=O)c(F)cc1C(=O)Nc1cccc(C(F)(F)F)c1. The number of aromatic nitrogens is 3. The Balaban J connectivity index is 1.76. The van der Waals surface area contributed by atoms with Crippen LogP contribution in [0, 0.1) is 5.82 Å². The Kier molecular flexibility index (Phi) is 6.82. The monoisotopic (exact) mass is 502 g/mol. The lowest BCUT2D eigenvalue weighted by Gasteiger charge is -2.18. The first-order valence-corrected chi connectivity index (χ1v) is 11.1. The Morgan fingerprint density at radius 3 is 2.61 bits per heavy atom. The number of halogens is 4. The van der Waals surface area contributed by atoms with Gasteiger partial charge in [0.2, 0.25) is 0 Å². The van der Waals surface area contributed by atoms with Crippen LogP contribution in [0.15, 0.2) is 65.6 Å². The van der Waals surface area contributed by atoms with E-state index in [1.54, 1.807) is 25.1 Å². The van der Waals surface area contributed by atoms with Crippen molar-refractivity contribution in [1.29, 1.82) is 0 Å². The zero-order valence-electron chi connectivity index (χ0n) is 19.3. The third-order valence-electron chi connectivity index (χ3n) is 5.42. The van der Waals surface area contributed by atoms with Crippen LogP contribution in [0.5, 0.6) is 5.75 Å². The number of fused-ring (bicyclic) bond motifs is 1. The smallest absolute Gasteiger partial charge is 0.416 e. The molecule has 1 N–H and O–H groups in total. The summed E-state index contributed by atoms with van der Waals surface area (Å²) in [5.41, 5.74) is -1.88. The maximum atomic E-state index is 15.2. The summed E-state index contributed by atoms with van der Waals surface area (Å²) in [6, 6.07) is 11.0. The Morgan fingerprint density at radius 1 is 1.14 bits per heavy atom. The van der Waals surface area contributed by atoms with Crippen LogP contribution in [0.2, 0.25) is 0 Å². The van der Waals surface area contributed by atoms with Gasteiger partial charge in [-0.1, -0.05) is 25.5 Å². The van der Waals surface area contributed by atoms with Crippen LogP contribution < -0.4 is 15.7 Å². The van der Waals surface area contributed by atoms with Crippen LogP contribution in [0.4, 0.5) is 23.2 Å². The van der Waals surface area contributed by atoms with Gasteiger partial charge in [0, 0.05) is 18.0 Å². The van der Waals surface area contributed by atoms with Crippen LogP contribution >= 0.6 is 0 Å². The highest BCUT2D eigenvalue weighted by molar-refractivity contribution is 6.06. The molecular weight excluding hydrogens is 480 g/mol. The maximum absolute atomic E-state index is 15.2. The van der Waals surface area contributed by atoms with Crippen molar-refractivity contribution in [3.8, 4) is 11.4 Å². The Hall–Kier alpha value is -4.15. The number of carbonyl (C=O) groups excluding carboxylic acids is 1. The molecule has 0 aliphatic heterocycles. The number of pyridine rings is 1. The zero-order valence-corrected chi connectivity index (χ0v) is 19.3. The average Bonchev–Trinajstić information content (AvgIpc) is 3.16. The molecule has 188 valence electrons. The van der Waals surface area contributed by atoms with Gasteiger partial charge in [0.25, 0.3) is 5.91 Å². The molecule has 0 saturated heterocycles. The van der Waals surface area contributed by atoms with E-state index in [-0.39, 0.29) is 34.4 Å². The number of anilines is 1. The molecule has 4 aromatic rings. The molecule has 2 aromatic carbocycles. The van der Waals surface area contributed by atoms with Crippen LogP contribution in [0.1, 0.15) is 42.6 Å². The molecular formula is C25H22F4N4O3. The third kappa shape index (κ3) is 5.09. The number of rotatable bonds is 7. The lowest BCUT2D eigenvalue weighted by molar-refractivity contribution is -0.137. The van der Waals surface area contributed by atoms with Crippen molar-refractivity contribution in [2.75, 3.05) is 5.32 Å². The van der Waals surface area contributed by atoms with Gasteiger partial charge in [0.05, 0.1) is 17.2 Å². The predicted octanol–water partition coefficient (Wildman–Crippen LogP) is 5.46. The molecule has 1 amide bonds. The van der Waals surface area contributed by atoms with Crippen LogP contribution in [0.3, 0.4) is 0 Å². The minimum atomic E-state index is -4.60. The standard InChI is InChI=1S/C25H22F4N4O3/c1-3-7-15(2)36-21-14-20(33-24(35)32-11-5-4-10-22(32)31-33)19(26)13-18(21)23(34)30-17-9-6-8-16(12-17)25(27,28)29/h4-6,8-15H,3,7H2,1-2H3,(H,30,34). The molecule has 0 aliphatic carbocycles. The van der Waals surface area contributed by atoms with Crippen LogP contribution in [0.25, 0.3) is 11.3 Å². The molecule has 0 saturated carbocycles. The van der Waals surface area contributed by atoms with Gasteiger partial charge in [0.1, 0.15) is 17.3 Å². The molecule has 0 bridgehead atoms. The third-order valence-corrected chi connectivity index (χ3v) is 5.42. The van der Waals surface area contributed by atoms with Crippen molar-refractivity contribution in [3.05, 3.63) is 88.2 Å². The van der Waals surface area contributed by atoms with E-state index < -0.39 is 29.2 Å². The molecule has 0 fully saturated rings. The van der Waals surface area contributed by atoms with E-state index in [2.05, 4.69) is 10.4 Å². The van der Waals surface area contributed by atoms with E-state index in [0.717, 1.165) is 35.4 Å².